The van der Waals surface area contributed by atoms with Crippen molar-refractivity contribution in [3.05, 3.63) is 106 Å². The molecule has 0 amide bonds. The predicted molar refractivity (Wildman–Crippen MR) is 106 cm³/mol. The van der Waals surface area contributed by atoms with Gasteiger partial charge in [-0.25, -0.2) is 0 Å². The molecule has 0 aromatic heterocycles. The van der Waals surface area contributed by atoms with Crippen molar-refractivity contribution < 1.29 is 4.79 Å². The van der Waals surface area contributed by atoms with Crippen LogP contribution in [-0.4, -0.2) is 5.78 Å². The molecule has 0 fully saturated rings. The van der Waals surface area contributed by atoms with Crippen LogP contribution in [0.25, 0.3) is 11.1 Å². The van der Waals surface area contributed by atoms with E-state index >= 15 is 0 Å². The van der Waals surface area contributed by atoms with Crippen molar-refractivity contribution in [2.24, 2.45) is 0 Å². The lowest BCUT2D eigenvalue weighted by Gasteiger charge is -2.14. The Labute approximate surface area is 157 Å². The summed E-state index contributed by atoms with van der Waals surface area (Å²) in [6.45, 7) is 1.95. The van der Waals surface area contributed by atoms with Gasteiger partial charge in [0.1, 0.15) is 0 Å². The number of benzene rings is 3. The maximum absolute atomic E-state index is 13.3. The highest BCUT2D eigenvalue weighted by atomic mass is 35.5. The third-order valence-electron chi connectivity index (χ3n) is 4.06. The Morgan fingerprint density at radius 2 is 1.32 bits per heavy atom. The molecule has 1 nitrogen and oxygen atoms in total. The Morgan fingerprint density at radius 3 is 1.96 bits per heavy atom. The number of halogens is 2. The summed E-state index contributed by atoms with van der Waals surface area (Å²) < 4.78 is 0. The first-order valence-electron chi connectivity index (χ1n) is 7.89. The smallest absolute Gasteiger partial charge is 0.193 e. The summed E-state index contributed by atoms with van der Waals surface area (Å²) in [5, 5.41) is 1.15. The van der Waals surface area contributed by atoms with Crippen molar-refractivity contribution in [2.75, 3.05) is 0 Å². The molecule has 0 N–H and O–H groups in total. The van der Waals surface area contributed by atoms with Crippen LogP contribution in [0.5, 0.6) is 0 Å². The quantitative estimate of drug-likeness (QED) is 0.281. The summed E-state index contributed by atoms with van der Waals surface area (Å²) >= 11 is 12.4. The maximum atomic E-state index is 13.3. The first-order valence-corrected chi connectivity index (χ1v) is 8.65. The lowest BCUT2D eigenvalue weighted by Crippen LogP contribution is -2.05. The van der Waals surface area contributed by atoms with Crippen LogP contribution in [0.2, 0.25) is 10.0 Å². The average Bonchev–Trinajstić information content (AvgIpc) is 2.64. The second-order valence-electron chi connectivity index (χ2n) is 5.68. The Morgan fingerprint density at radius 1 is 0.720 bits per heavy atom. The Kier molecular flexibility index (Phi) is 5.37. The summed E-state index contributed by atoms with van der Waals surface area (Å²) in [5.74, 6) is -0.0777. The Bertz CT molecular complexity index is 926. The molecular weight excluding hydrogens is 351 g/mol. The molecule has 0 aliphatic carbocycles. The van der Waals surface area contributed by atoms with Crippen LogP contribution in [0.15, 0.2) is 78.9 Å². The summed E-state index contributed by atoms with van der Waals surface area (Å²) in [6.07, 6.45) is 0. The van der Waals surface area contributed by atoms with Crippen molar-refractivity contribution in [1.82, 2.24) is 0 Å². The normalized spacial score (nSPS) is 11.8. The number of hydrogen-bond donors (Lipinski definition) is 0. The van der Waals surface area contributed by atoms with E-state index in [1.165, 1.54) is 0 Å². The summed E-state index contributed by atoms with van der Waals surface area (Å²) in [7, 11) is 0. The van der Waals surface area contributed by atoms with E-state index < -0.39 is 0 Å². The van der Waals surface area contributed by atoms with Crippen molar-refractivity contribution in [3.63, 3.8) is 0 Å². The highest BCUT2D eigenvalue weighted by Gasteiger charge is 2.20. The maximum Gasteiger partial charge on any atom is 0.193 e. The molecule has 0 heterocycles. The van der Waals surface area contributed by atoms with Gasteiger partial charge in [-0.3, -0.25) is 4.79 Å². The molecule has 0 saturated heterocycles. The van der Waals surface area contributed by atoms with Gasteiger partial charge in [0.15, 0.2) is 5.78 Å². The van der Waals surface area contributed by atoms with Crippen LogP contribution in [-0.2, 0) is 0 Å². The van der Waals surface area contributed by atoms with Crippen LogP contribution in [0, 0.1) is 0 Å². The molecule has 0 unspecified atom stereocenters. The number of rotatable bonds is 4. The van der Waals surface area contributed by atoms with E-state index in [-0.39, 0.29) is 5.78 Å². The standard InChI is InChI=1S/C22H16Cl2O/c1-15(16-7-3-2-4-8-16)21(19-9-5-6-10-20(19)24)22(25)17-11-13-18(23)14-12-17/h2-14H,1H3. The molecule has 25 heavy (non-hydrogen) atoms. The minimum Gasteiger partial charge on any atom is -0.289 e. The second-order valence-corrected chi connectivity index (χ2v) is 6.53. The minimum atomic E-state index is -0.0777. The van der Waals surface area contributed by atoms with Crippen LogP contribution >= 0.6 is 23.2 Å². The number of allylic oxidation sites excluding steroid dienone is 2. The monoisotopic (exact) mass is 366 g/mol. The van der Waals surface area contributed by atoms with Crippen molar-refractivity contribution in [1.29, 1.82) is 0 Å². The largest absolute Gasteiger partial charge is 0.289 e. The molecule has 3 heteroatoms. The van der Waals surface area contributed by atoms with Gasteiger partial charge >= 0.3 is 0 Å². The molecule has 0 bridgehead atoms. The van der Waals surface area contributed by atoms with Gasteiger partial charge in [0.25, 0.3) is 0 Å². The number of Topliss-reactive ketones (excluding diaryl/α,β-unsaturated/α-hetero) is 1. The van der Waals surface area contributed by atoms with Gasteiger partial charge in [0, 0.05) is 26.7 Å². The number of ketones is 1. The highest BCUT2D eigenvalue weighted by molar-refractivity contribution is 6.40. The second kappa shape index (κ2) is 7.69. The zero-order valence-electron chi connectivity index (χ0n) is 13.7. The van der Waals surface area contributed by atoms with E-state index in [2.05, 4.69) is 0 Å². The fourth-order valence-electron chi connectivity index (χ4n) is 2.74. The summed E-state index contributed by atoms with van der Waals surface area (Å²) in [5.41, 5.74) is 3.77. The molecular formula is C22H16Cl2O. The van der Waals surface area contributed by atoms with E-state index in [0.29, 0.717) is 21.2 Å². The molecule has 0 radical (unpaired) electrons. The molecule has 0 aliphatic heterocycles. The zero-order valence-corrected chi connectivity index (χ0v) is 15.2. The Hall–Kier alpha value is -2.35. The van der Waals surface area contributed by atoms with Gasteiger partial charge in [0.2, 0.25) is 0 Å². The Balaban J connectivity index is 2.21. The SMILES string of the molecule is CC(=C(C(=O)c1ccc(Cl)cc1)c1ccccc1Cl)c1ccccc1. The molecule has 3 aromatic rings. The van der Waals surface area contributed by atoms with E-state index in [1.807, 2.05) is 55.5 Å². The van der Waals surface area contributed by atoms with Crippen molar-refractivity contribution in [2.45, 2.75) is 6.92 Å². The number of carbonyl (C=O) groups is 1. The minimum absolute atomic E-state index is 0.0777. The van der Waals surface area contributed by atoms with Gasteiger partial charge in [0.05, 0.1) is 0 Å². The molecule has 0 atom stereocenters. The third kappa shape index (κ3) is 3.84. The van der Waals surface area contributed by atoms with Crippen LogP contribution in [0.1, 0.15) is 28.4 Å². The van der Waals surface area contributed by atoms with Crippen LogP contribution < -0.4 is 0 Å². The highest BCUT2D eigenvalue weighted by Crippen LogP contribution is 2.33. The number of carbonyl (C=O) groups excluding carboxylic acids is 1. The first kappa shape index (κ1) is 17.5. The molecule has 0 aliphatic rings. The van der Waals surface area contributed by atoms with Gasteiger partial charge in [-0.1, -0.05) is 71.7 Å². The molecule has 124 valence electrons. The van der Waals surface area contributed by atoms with Gasteiger partial charge in [-0.05, 0) is 48.4 Å². The van der Waals surface area contributed by atoms with Gasteiger partial charge < -0.3 is 0 Å². The fourth-order valence-corrected chi connectivity index (χ4v) is 3.09. The topological polar surface area (TPSA) is 17.1 Å². The van der Waals surface area contributed by atoms with Crippen LogP contribution in [0.4, 0.5) is 0 Å². The number of hydrogen-bond acceptors (Lipinski definition) is 1. The average molecular weight is 367 g/mol. The molecule has 0 saturated carbocycles. The van der Waals surface area contributed by atoms with Gasteiger partial charge in [-0.15, -0.1) is 0 Å². The summed E-state index contributed by atoms with van der Waals surface area (Å²) in [4.78, 5) is 13.3. The summed E-state index contributed by atoms with van der Waals surface area (Å²) in [6, 6.07) is 24.2. The van der Waals surface area contributed by atoms with Crippen molar-refractivity contribution >= 4 is 40.1 Å². The first-order chi connectivity index (χ1) is 12.1. The van der Waals surface area contributed by atoms with Crippen LogP contribution in [0.3, 0.4) is 0 Å². The molecule has 3 aromatic carbocycles. The lowest BCUT2D eigenvalue weighted by atomic mass is 9.90. The van der Waals surface area contributed by atoms with E-state index in [1.54, 1.807) is 30.3 Å². The third-order valence-corrected chi connectivity index (χ3v) is 4.64. The zero-order chi connectivity index (χ0) is 17.8. The molecule has 3 rings (SSSR count). The van der Waals surface area contributed by atoms with E-state index in [0.717, 1.165) is 16.7 Å². The van der Waals surface area contributed by atoms with Crippen molar-refractivity contribution in [3.8, 4) is 0 Å². The van der Waals surface area contributed by atoms with E-state index in [4.69, 9.17) is 23.2 Å². The van der Waals surface area contributed by atoms with E-state index in [9.17, 15) is 4.79 Å². The lowest BCUT2D eigenvalue weighted by molar-refractivity contribution is 0.105. The molecule has 0 spiro atoms. The fraction of sp³-hybridized carbons (Fsp3) is 0.0455. The van der Waals surface area contributed by atoms with Gasteiger partial charge in [-0.2, -0.15) is 0 Å². The predicted octanol–water partition coefficient (Wildman–Crippen LogP) is 6.81.